The molecule has 0 fully saturated rings. The molecule has 0 atom stereocenters. The van der Waals surface area contributed by atoms with E-state index in [4.69, 9.17) is 0 Å². The van der Waals surface area contributed by atoms with Gasteiger partial charge in [0.25, 0.3) is 4.96 Å². The number of aromatic nitrogens is 2. The summed E-state index contributed by atoms with van der Waals surface area (Å²) in [5.41, 5.74) is 0. The number of likely N-dealkylation sites (N-methyl/N-ethyl adjacent to an activating group) is 1. The maximum absolute atomic E-state index is 11.7. The van der Waals surface area contributed by atoms with E-state index < -0.39 is 4.92 Å². The number of anilines is 1. The number of carbonyl (C=O) groups excluding carboxylic acids is 1. The van der Waals surface area contributed by atoms with Gasteiger partial charge >= 0.3 is 5.82 Å². The largest absolute Gasteiger partial charge is 0.373 e. The molecule has 0 bridgehead atoms. The number of rotatable bonds is 6. The van der Waals surface area contributed by atoms with Crippen molar-refractivity contribution in [3.63, 3.8) is 0 Å². The molecular formula is C11H15N5O3S. The summed E-state index contributed by atoms with van der Waals surface area (Å²) in [6.45, 7) is 2.58. The van der Waals surface area contributed by atoms with Crippen molar-refractivity contribution in [2.45, 2.75) is 13.3 Å². The molecule has 2 rings (SSSR count). The Morgan fingerprint density at radius 2 is 2.40 bits per heavy atom. The number of hydrogen-bond donors (Lipinski definition) is 1. The highest BCUT2D eigenvalue weighted by atomic mass is 32.1. The molecule has 2 heterocycles. The van der Waals surface area contributed by atoms with Crippen LogP contribution in [0.3, 0.4) is 0 Å². The molecule has 0 aromatic carbocycles. The van der Waals surface area contributed by atoms with Gasteiger partial charge in [0.05, 0.1) is 6.54 Å². The molecule has 20 heavy (non-hydrogen) atoms. The Hall–Kier alpha value is -2.16. The lowest BCUT2D eigenvalue weighted by Gasteiger charge is -2.15. The van der Waals surface area contributed by atoms with Gasteiger partial charge in [-0.3, -0.25) is 4.79 Å². The van der Waals surface area contributed by atoms with Crippen LogP contribution in [0.15, 0.2) is 11.6 Å². The minimum Gasteiger partial charge on any atom is -0.358 e. The molecular weight excluding hydrogens is 282 g/mol. The molecule has 0 saturated heterocycles. The first-order valence-corrected chi connectivity index (χ1v) is 7.00. The highest BCUT2D eigenvalue weighted by Gasteiger charge is 2.27. The fourth-order valence-electron chi connectivity index (χ4n) is 1.80. The highest BCUT2D eigenvalue weighted by molar-refractivity contribution is 7.15. The van der Waals surface area contributed by atoms with Crippen molar-refractivity contribution < 1.29 is 9.72 Å². The summed E-state index contributed by atoms with van der Waals surface area (Å²) >= 11 is 1.31. The number of nitro groups is 1. The molecule has 0 spiro atoms. The number of nitrogens with zero attached hydrogens (tertiary/aromatic N) is 4. The Balaban J connectivity index is 2.23. The van der Waals surface area contributed by atoms with Crippen LogP contribution in [0.2, 0.25) is 0 Å². The van der Waals surface area contributed by atoms with Gasteiger partial charge in [-0.1, -0.05) is 18.3 Å². The second-order valence-corrected chi connectivity index (χ2v) is 5.15. The first kappa shape index (κ1) is 14.3. The van der Waals surface area contributed by atoms with E-state index in [1.807, 2.05) is 6.92 Å². The summed E-state index contributed by atoms with van der Waals surface area (Å²) in [6, 6.07) is 0. The third kappa shape index (κ3) is 2.72. The van der Waals surface area contributed by atoms with Gasteiger partial charge < -0.3 is 20.3 Å². The van der Waals surface area contributed by atoms with Crippen LogP contribution in [-0.2, 0) is 4.79 Å². The van der Waals surface area contributed by atoms with Crippen molar-refractivity contribution in [3.8, 4) is 0 Å². The van der Waals surface area contributed by atoms with Gasteiger partial charge in [-0.25, -0.2) is 0 Å². The number of fused-ring (bicyclic) bond motifs is 1. The molecule has 0 aliphatic carbocycles. The standard InChI is InChI=1S/C11H15N5O3S/c1-3-4-12-8(17)7-14(2)9-10(16(18)19)15-5-6-20-11(15)13-9/h5-6H,3-4,7H2,1-2H3,(H,12,17). The number of imidazole rings is 1. The van der Waals surface area contributed by atoms with E-state index in [0.29, 0.717) is 11.5 Å². The predicted octanol–water partition coefficient (Wildman–Crippen LogP) is 1.27. The SMILES string of the molecule is CCCNC(=O)CN(C)c1nc2sccn2c1[N+](=O)[O-]. The van der Waals surface area contributed by atoms with Crippen LogP contribution in [-0.4, -0.2) is 40.4 Å². The molecule has 9 heteroatoms. The average Bonchev–Trinajstić information content (AvgIpc) is 2.95. The number of amides is 1. The van der Waals surface area contributed by atoms with Crippen LogP contribution < -0.4 is 10.2 Å². The van der Waals surface area contributed by atoms with E-state index >= 15 is 0 Å². The van der Waals surface area contributed by atoms with Gasteiger partial charge in [-0.15, -0.1) is 0 Å². The van der Waals surface area contributed by atoms with Crippen molar-refractivity contribution in [2.75, 3.05) is 25.0 Å². The zero-order valence-electron chi connectivity index (χ0n) is 11.2. The van der Waals surface area contributed by atoms with Gasteiger partial charge in [0.1, 0.15) is 6.20 Å². The first-order chi connectivity index (χ1) is 9.54. The van der Waals surface area contributed by atoms with Crippen LogP contribution in [0.5, 0.6) is 0 Å². The molecule has 108 valence electrons. The quantitative estimate of drug-likeness (QED) is 0.640. The number of thiazole rings is 1. The van der Waals surface area contributed by atoms with Crippen LogP contribution in [0, 0.1) is 10.1 Å². The smallest absolute Gasteiger partial charge is 0.358 e. The number of hydrogen-bond acceptors (Lipinski definition) is 6. The fraction of sp³-hybridized carbons (Fsp3) is 0.455. The van der Waals surface area contributed by atoms with Gasteiger partial charge in [-0.05, 0) is 11.3 Å². The topological polar surface area (TPSA) is 92.8 Å². The molecule has 0 aliphatic heterocycles. The third-order valence-corrected chi connectivity index (χ3v) is 3.46. The molecule has 2 aromatic rings. The van der Waals surface area contributed by atoms with E-state index in [9.17, 15) is 14.9 Å². The van der Waals surface area contributed by atoms with E-state index in [1.54, 1.807) is 18.6 Å². The normalized spacial score (nSPS) is 10.7. The first-order valence-electron chi connectivity index (χ1n) is 6.12. The van der Waals surface area contributed by atoms with Crippen LogP contribution in [0.1, 0.15) is 13.3 Å². The molecule has 0 unspecified atom stereocenters. The van der Waals surface area contributed by atoms with Crippen LogP contribution in [0.4, 0.5) is 11.6 Å². The zero-order valence-corrected chi connectivity index (χ0v) is 12.0. The van der Waals surface area contributed by atoms with Crippen molar-refractivity contribution in [3.05, 3.63) is 21.7 Å². The summed E-state index contributed by atoms with van der Waals surface area (Å²) in [5, 5.41) is 15.6. The average molecular weight is 297 g/mol. The van der Waals surface area contributed by atoms with Crippen molar-refractivity contribution in [2.24, 2.45) is 0 Å². The van der Waals surface area contributed by atoms with Crippen LogP contribution >= 0.6 is 11.3 Å². The van der Waals surface area contributed by atoms with E-state index in [-0.39, 0.29) is 24.1 Å². The van der Waals surface area contributed by atoms with Gasteiger partial charge in [0.2, 0.25) is 11.7 Å². The minimum absolute atomic E-state index is 0.0334. The number of carbonyl (C=O) groups is 1. The molecule has 0 radical (unpaired) electrons. The Kier molecular flexibility index (Phi) is 4.18. The second kappa shape index (κ2) is 5.87. The Morgan fingerprint density at radius 1 is 1.65 bits per heavy atom. The lowest BCUT2D eigenvalue weighted by molar-refractivity contribution is -0.389. The van der Waals surface area contributed by atoms with Gasteiger partial charge in [0.15, 0.2) is 0 Å². The van der Waals surface area contributed by atoms with E-state index in [1.165, 1.54) is 20.6 Å². The van der Waals surface area contributed by atoms with Gasteiger partial charge in [-0.2, -0.15) is 9.38 Å². The molecule has 0 saturated carbocycles. The Bertz CT molecular complexity index is 635. The minimum atomic E-state index is -0.484. The summed E-state index contributed by atoms with van der Waals surface area (Å²) < 4.78 is 1.42. The third-order valence-electron chi connectivity index (χ3n) is 2.71. The Labute approximate surface area is 119 Å². The van der Waals surface area contributed by atoms with Crippen molar-refractivity contribution in [1.29, 1.82) is 0 Å². The lowest BCUT2D eigenvalue weighted by Crippen LogP contribution is -2.35. The maximum atomic E-state index is 11.7. The molecule has 2 aromatic heterocycles. The maximum Gasteiger partial charge on any atom is 0.373 e. The number of nitrogens with one attached hydrogen (secondary N) is 1. The van der Waals surface area contributed by atoms with Crippen molar-refractivity contribution >= 4 is 33.8 Å². The summed E-state index contributed by atoms with van der Waals surface area (Å²) in [5.74, 6) is -0.0967. The summed E-state index contributed by atoms with van der Waals surface area (Å²) in [7, 11) is 1.62. The summed E-state index contributed by atoms with van der Waals surface area (Å²) in [6.07, 6.45) is 2.44. The van der Waals surface area contributed by atoms with Crippen LogP contribution in [0.25, 0.3) is 4.96 Å². The zero-order chi connectivity index (χ0) is 14.7. The second-order valence-electron chi connectivity index (χ2n) is 4.28. The molecule has 1 N–H and O–H groups in total. The van der Waals surface area contributed by atoms with Gasteiger partial charge in [0, 0.05) is 19.0 Å². The lowest BCUT2D eigenvalue weighted by atomic mass is 10.4. The highest BCUT2D eigenvalue weighted by Crippen LogP contribution is 2.30. The van der Waals surface area contributed by atoms with E-state index in [2.05, 4.69) is 10.3 Å². The molecule has 8 nitrogen and oxygen atoms in total. The fourth-order valence-corrected chi connectivity index (χ4v) is 2.50. The van der Waals surface area contributed by atoms with E-state index in [0.717, 1.165) is 6.42 Å². The summed E-state index contributed by atoms with van der Waals surface area (Å²) in [4.78, 5) is 28.6. The van der Waals surface area contributed by atoms with Crippen molar-refractivity contribution in [1.82, 2.24) is 14.7 Å². The molecule has 1 amide bonds. The monoisotopic (exact) mass is 297 g/mol. The predicted molar refractivity (Wildman–Crippen MR) is 76.3 cm³/mol. The Morgan fingerprint density at radius 3 is 3.05 bits per heavy atom. The molecule has 0 aliphatic rings.